The van der Waals surface area contributed by atoms with Crippen LogP contribution in [0.2, 0.25) is 0 Å². The molecule has 1 atom stereocenters. The summed E-state index contributed by atoms with van der Waals surface area (Å²) in [6.45, 7) is 1.84. The molecule has 1 unspecified atom stereocenters. The van der Waals surface area contributed by atoms with Crippen LogP contribution in [-0.4, -0.2) is 48.1 Å². The molecule has 3 N–H and O–H groups in total. The number of carbonyl (C=O) groups is 3. The number of carboxylic acids is 1. The van der Waals surface area contributed by atoms with Crippen molar-refractivity contribution >= 4 is 23.6 Å². The van der Waals surface area contributed by atoms with Gasteiger partial charge >= 0.3 is 12.0 Å². The van der Waals surface area contributed by atoms with Gasteiger partial charge in [0, 0.05) is 37.8 Å². The number of aliphatic carboxylic acids is 1. The number of urea groups is 1. The quantitative estimate of drug-likeness (QED) is 0.636. The van der Waals surface area contributed by atoms with Crippen molar-refractivity contribution in [3.63, 3.8) is 0 Å². The molecule has 29 heavy (non-hydrogen) atoms. The first-order chi connectivity index (χ1) is 13.8. The smallest absolute Gasteiger partial charge is 0.319 e. The lowest BCUT2D eigenvalue weighted by molar-refractivity contribution is -0.137. The van der Waals surface area contributed by atoms with Crippen molar-refractivity contribution in [1.82, 2.24) is 10.2 Å². The van der Waals surface area contributed by atoms with Gasteiger partial charge in [-0.25, -0.2) is 4.79 Å². The summed E-state index contributed by atoms with van der Waals surface area (Å²) >= 11 is 0. The Morgan fingerprint density at radius 2 is 1.76 bits per heavy atom. The highest BCUT2D eigenvalue weighted by molar-refractivity contribution is 5.98. The minimum atomic E-state index is -0.907. The molecule has 0 aliphatic carbocycles. The number of nitrogens with zero attached hydrogens (tertiary/aromatic N) is 1. The van der Waals surface area contributed by atoms with Gasteiger partial charge in [0.25, 0.3) is 5.91 Å². The molecule has 2 aromatic carbocycles. The zero-order valence-electron chi connectivity index (χ0n) is 16.9. The second kappa shape index (κ2) is 10.3. The lowest BCUT2D eigenvalue weighted by Gasteiger charge is -2.19. The molecule has 0 fully saturated rings. The molecule has 0 bridgehead atoms. The molecular weight excluding hydrogens is 370 g/mol. The molecular formula is C22H27N3O4. The molecule has 2 aromatic rings. The van der Waals surface area contributed by atoms with Crippen molar-refractivity contribution in [2.45, 2.75) is 32.2 Å². The van der Waals surface area contributed by atoms with E-state index in [1.807, 2.05) is 37.3 Å². The second-order valence-electron chi connectivity index (χ2n) is 7.15. The highest BCUT2D eigenvalue weighted by atomic mass is 16.4. The predicted molar refractivity (Wildman–Crippen MR) is 112 cm³/mol. The standard InChI is InChI=1S/C22H27N3O4/c1-15-9-10-18(14-19(15)21(28)25(2)3)24-22(29)23-17(11-12-20(26)27)13-16-7-5-4-6-8-16/h4-10,14,17H,11-13H2,1-3H3,(H,26,27)(H2,23,24,29). The van der Waals surface area contributed by atoms with E-state index in [2.05, 4.69) is 10.6 Å². The molecule has 0 heterocycles. The van der Waals surface area contributed by atoms with E-state index in [0.29, 0.717) is 24.1 Å². The molecule has 2 rings (SSSR count). The van der Waals surface area contributed by atoms with Gasteiger partial charge in [-0.2, -0.15) is 0 Å². The van der Waals surface area contributed by atoms with Gasteiger partial charge in [-0.15, -0.1) is 0 Å². The third-order valence-corrected chi connectivity index (χ3v) is 4.50. The van der Waals surface area contributed by atoms with Crippen LogP contribution in [0, 0.1) is 6.92 Å². The minimum absolute atomic E-state index is 0.0379. The first kappa shape index (κ1) is 21.9. The number of nitrogens with one attached hydrogen (secondary N) is 2. The van der Waals surface area contributed by atoms with Gasteiger partial charge in [0.1, 0.15) is 0 Å². The Morgan fingerprint density at radius 1 is 1.07 bits per heavy atom. The maximum atomic E-state index is 12.5. The molecule has 0 saturated heterocycles. The summed E-state index contributed by atoms with van der Waals surface area (Å²) in [4.78, 5) is 37.2. The van der Waals surface area contributed by atoms with Crippen molar-refractivity contribution in [1.29, 1.82) is 0 Å². The summed E-state index contributed by atoms with van der Waals surface area (Å²) in [6, 6.07) is 14.0. The number of amides is 3. The summed E-state index contributed by atoms with van der Waals surface area (Å²) in [5.41, 5.74) is 2.84. The van der Waals surface area contributed by atoms with Crippen molar-refractivity contribution < 1.29 is 19.5 Å². The zero-order chi connectivity index (χ0) is 21.4. The molecule has 7 heteroatoms. The van der Waals surface area contributed by atoms with E-state index in [-0.39, 0.29) is 18.4 Å². The second-order valence-corrected chi connectivity index (χ2v) is 7.15. The maximum absolute atomic E-state index is 12.5. The van der Waals surface area contributed by atoms with Crippen molar-refractivity contribution in [2.75, 3.05) is 19.4 Å². The number of carbonyl (C=O) groups excluding carboxylic acids is 2. The molecule has 0 aliphatic rings. The number of rotatable bonds is 8. The number of hydrogen-bond donors (Lipinski definition) is 3. The number of benzene rings is 2. The molecule has 3 amide bonds. The molecule has 0 aromatic heterocycles. The van der Waals surface area contributed by atoms with Crippen LogP contribution >= 0.6 is 0 Å². The van der Waals surface area contributed by atoms with Gasteiger partial charge in [0.2, 0.25) is 0 Å². The molecule has 0 aliphatic heterocycles. The van der Waals surface area contributed by atoms with Crippen LogP contribution in [0.25, 0.3) is 0 Å². The van der Waals surface area contributed by atoms with E-state index >= 15 is 0 Å². The van der Waals surface area contributed by atoms with Gasteiger partial charge in [-0.1, -0.05) is 36.4 Å². The van der Waals surface area contributed by atoms with Crippen LogP contribution in [0.1, 0.15) is 34.3 Å². The van der Waals surface area contributed by atoms with Gasteiger partial charge in [-0.3, -0.25) is 9.59 Å². The van der Waals surface area contributed by atoms with Gasteiger partial charge in [-0.05, 0) is 43.0 Å². The summed E-state index contributed by atoms with van der Waals surface area (Å²) in [6.07, 6.45) is 0.805. The zero-order valence-corrected chi connectivity index (χ0v) is 16.9. The largest absolute Gasteiger partial charge is 0.481 e. The molecule has 0 radical (unpaired) electrons. The van der Waals surface area contributed by atoms with E-state index in [9.17, 15) is 14.4 Å². The Kier molecular flexibility index (Phi) is 7.77. The average molecular weight is 397 g/mol. The Bertz CT molecular complexity index is 866. The number of hydrogen-bond acceptors (Lipinski definition) is 3. The highest BCUT2D eigenvalue weighted by Gasteiger charge is 2.16. The lowest BCUT2D eigenvalue weighted by atomic mass is 10.0. The fraction of sp³-hybridized carbons (Fsp3) is 0.318. The van der Waals surface area contributed by atoms with E-state index in [1.165, 1.54) is 4.90 Å². The number of aryl methyl sites for hydroxylation is 1. The van der Waals surface area contributed by atoms with Crippen LogP contribution in [-0.2, 0) is 11.2 Å². The Balaban J connectivity index is 2.08. The van der Waals surface area contributed by atoms with Crippen molar-refractivity contribution in [2.24, 2.45) is 0 Å². The Hall–Kier alpha value is -3.35. The van der Waals surface area contributed by atoms with Crippen LogP contribution in [0.15, 0.2) is 48.5 Å². The third kappa shape index (κ3) is 6.95. The van der Waals surface area contributed by atoms with Crippen LogP contribution < -0.4 is 10.6 Å². The monoisotopic (exact) mass is 397 g/mol. The summed E-state index contributed by atoms with van der Waals surface area (Å²) in [7, 11) is 3.34. The Morgan fingerprint density at radius 3 is 2.38 bits per heavy atom. The van der Waals surface area contributed by atoms with Crippen LogP contribution in [0.3, 0.4) is 0 Å². The fourth-order valence-corrected chi connectivity index (χ4v) is 2.95. The number of anilines is 1. The first-order valence-corrected chi connectivity index (χ1v) is 9.42. The third-order valence-electron chi connectivity index (χ3n) is 4.50. The summed E-state index contributed by atoms with van der Waals surface area (Å²) < 4.78 is 0. The molecule has 0 spiro atoms. The predicted octanol–water partition coefficient (Wildman–Crippen LogP) is 3.29. The fourth-order valence-electron chi connectivity index (χ4n) is 2.95. The molecule has 7 nitrogen and oxygen atoms in total. The normalized spacial score (nSPS) is 11.4. The van der Waals surface area contributed by atoms with E-state index in [1.54, 1.807) is 32.3 Å². The minimum Gasteiger partial charge on any atom is -0.481 e. The Labute approximate surface area is 170 Å². The topological polar surface area (TPSA) is 98.7 Å². The lowest BCUT2D eigenvalue weighted by Crippen LogP contribution is -2.39. The SMILES string of the molecule is Cc1ccc(NC(=O)NC(CCC(=O)O)Cc2ccccc2)cc1C(=O)N(C)C. The molecule has 0 saturated carbocycles. The van der Waals surface area contributed by atoms with Gasteiger partial charge < -0.3 is 20.6 Å². The van der Waals surface area contributed by atoms with E-state index in [0.717, 1.165) is 11.1 Å². The highest BCUT2D eigenvalue weighted by Crippen LogP contribution is 2.17. The summed E-state index contributed by atoms with van der Waals surface area (Å²) in [5, 5.41) is 14.6. The van der Waals surface area contributed by atoms with Gasteiger partial charge in [0.15, 0.2) is 0 Å². The van der Waals surface area contributed by atoms with Crippen molar-refractivity contribution in [3.05, 3.63) is 65.2 Å². The summed E-state index contributed by atoms with van der Waals surface area (Å²) in [5.74, 6) is -1.05. The number of carboxylic acid groups (broad SMARTS) is 1. The van der Waals surface area contributed by atoms with Gasteiger partial charge in [0.05, 0.1) is 0 Å². The molecule has 154 valence electrons. The maximum Gasteiger partial charge on any atom is 0.319 e. The van der Waals surface area contributed by atoms with Crippen LogP contribution in [0.5, 0.6) is 0 Å². The average Bonchev–Trinajstić information content (AvgIpc) is 2.67. The van der Waals surface area contributed by atoms with E-state index < -0.39 is 12.0 Å². The van der Waals surface area contributed by atoms with Crippen LogP contribution in [0.4, 0.5) is 10.5 Å². The first-order valence-electron chi connectivity index (χ1n) is 9.42. The van der Waals surface area contributed by atoms with E-state index in [4.69, 9.17) is 5.11 Å². The van der Waals surface area contributed by atoms with Crippen molar-refractivity contribution in [3.8, 4) is 0 Å².